The van der Waals surface area contributed by atoms with Crippen molar-refractivity contribution in [1.82, 2.24) is 14.8 Å². The van der Waals surface area contributed by atoms with Gasteiger partial charge >= 0.3 is 0 Å². The van der Waals surface area contributed by atoms with E-state index in [1.807, 2.05) is 42.6 Å². The second kappa shape index (κ2) is 11.1. The minimum atomic E-state index is -0.460. The van der Waals surface area contributed by atoms with Crippen LogP contribution in [0.4, 0.5) is 0 Å². The van der Waals surface area contributed by atoms with E-state index in [1.165, 1.54) is 0 Å². The van der Waals surface area contributed by atoms with Crippen LogP contribution in [0.5, 0.6) is 5.75 Å². The summed E-state index contributed by atoms with van der Waals surface area (Å²) in [5.41, 5.74) is 2.23. The standard InChI is InChI=1S/C22H31N3O3/c1-27-22-7-5-19(6-8-22)17-28-18-21(26)16-25-14-12-24(13-15-25)11-9-20-4-2-3-10-23-20/h2-8,10,21,26H,9,11-18H2,1H3. The van der Waals surface area contributed by atoms with Gasteiger partial charge in [-0.15, -0.1) is 0 Å². The van der Waals surface area contributed by atoms with Gasteiger partial charge in [0.1, 0.15) is 5.75 Å². The molecule has 6 heteroatoms. The number of piperazine rings is 1. The number of nitrogens with zero attached hydrogens (tertiary/aromatic N) is 3. The summed E-state index contributed by atoms with van der Waals surface area (Å²) in [6.45, 7) is 6.59. The van der Waals surface area contributed by atoms with Crippen molar-refractivity contribution in [1.29, 1.82) is 0 Å². The smallest absolute Gasteiger partial charge is 0.118 e. The quantitative estimate of drug-likeness (QED) is 0.673. The number of ether oxygens (including phenoxy) is 2. The maximum absolute atomic E-state index is 10.3. The molecule has 1 fully saturated rings. The Hall–Kier alpha value is -1.99. The summed E-state index contributed by atoms with van der Waals surface area (Å²) in [6.07, 6.45) is 2.38. The van der Waals surface area contributed by atoms with Crippen LogP contribution in [0.2, 0.25) is 0 Å². The molecule has 0 amide bonds. The molecule has 2 aromatic rings. The van der Waals surface area contributed by atoms with Crippen LogP contribution in [0.25, 0.3) is 0 Å². The zero-order valence-corrected chi connectivity index (χ0v) is 16.7. The lowest BCUT2D eigenvalue weighted by atomic mass is 10.2. The molecular weight excluding hydrogens is 354 g/mol. The number of hydrogen-bond acceptors (Lipinski definition) is 6. The van der Waals surface area contributed by atoms with Crippen molar-refractivity contribution in [2.75, 3.05) is 53.0 Å². The molecule has 2 heterocycles. The Morgan fingerprint density at radius 1 is 1.04 bits per heavy atom. The fraction of sp³-hybridized carbons (Fsp3) is 0.500. The van der Waals surface area contributed by atoms with E-state index in [4.69, 9.17) is 9.47 Å². The summed E-state index contributed by atoms with van der Waals surface area (Å²) in [5, 5.41) is 10.3. The normalized spacial score (nSPS) is 16.8. The molecule has 1 aliphatic rings. The molecule has 0 saturated carbocycles. The van der Waals surface area contributed by atoms with Crippen LogP contribution in [0, 0.1) is 0 Å². The summed E-state index contributed by atoms with van der Waals surface area (Å²) in [7, 11) is 1.65. The molecule has 3 rings (SSSR count). The first-order valence-corrected chi connectivity index (χ1v) is 9.96. The topological polar surface area (TPSA) is 58.1 Å². The van der Waals surface area contributed by atoms with E-state index >= 15 is 0 Å². The molecule has 1 aromatic heterocycles. The fourth-order valence-corrected chi connectivity index (χ4v) is 3.40. The Labute approximate surface area is 167 Å². The van der Waals surface area contributed by atoms with Gasteiger partial charge in [-0.2, -0.15) is 0 Å². The van der Waals surface area contributed by atoms with Gasteiger partial charge in [0.15, 0.2) is 0 Å². The Morgan fingerprint density at radius 2 is 1.79 bits per heavy atom. The van der Waals surface area contributed by atoms with Crippen molar-refractivity contribution < 1.29 is 14.6 Å². The predicted molar refractivity (Wildman–Crippen MR) is 109 cm³/mol. The van der Waals surface area contributed by atoms with E-state index in [-0.39, 0.29) is 0 Å². The zero-order valence-electron chi connectivity index (χ0n) is 16.7. The third-order valence-electron chi connectivity index (χ3n) is 5.08. The average molecular weight is 386 g/mol. The van der Waals surface area contributed by atoms with Crippen LogP contribution in [0.3, 0.4) is 0 Å². The van der Waals surface area contributed by atoms with E-state index in [9.17, 15) is 5.11 Å². The summed E-state index contributed by atoms with van der Waals surface area (Å²) >= 11 is 0. The van der Waals surface area contributed by atoms with E-state index in [1.54, 1.807) is 7.11 Å². The summed E-state index contributed by atoms with van der Waals surface area (Å²) < 4.78 is 10.8. The lowest BCUT2D eigenvalue weighted by Gasteiger charge is -2.35. The van der Waals surface area contributed by atoms with Crippen LogP contribution in [0.1, 0.15) is 11.3 Å². The molecule has 1 N–H and O–H groups in total. The molecule has 1 atom stereocenters. The Kier molecular flexibility index (Phi) is 8.23. The van der Waals surface area contributed by atoms with Gasteiger partial charge in [-0.3, -0.25) is 9.88 Å². The molecule has 0 spiro atoms. The van der Waals surface area contributed by atoms with Crippen LogP contribution >= 0.6 is 0 Å². The minimum Gasteiger partial charge on any atom is -0.497 e. The average Bonchev–Trinajstić information content (AvgIpc) is 2.74. The summed E-state index contributed by atoms with van der Waals surface area (Å²) in [6, 6.07) is 13.9. The second-order valence-corrected chi connectivity index (χ2v) is 7.23. The number of methoxy groups -OCH3 is 1. The van der Waals surface area contributed by atoms with Crippen molar-refractivity contribution in [2.24, 2.45) is 0 Å². The van der Waals surface area contributed by atoms with Gasteiger partial charge < -0.3 is 19.5 Å². The molecule has 6 nitrogen and oxygen atoms in total. The highest BCUT2D eigenvalue weighted by Gasteiger charge is 2.19. The largest absolute Gasteiger partial charge is 0.497 e. The van der Waals surface area contributed by atoms with Gasteiger partial charge in [0.2, 0.25) is 0 Å². The highest BCUT2D eigenvalue weighted by atomic mass is 16.5. The molecule has 0 aliphatic carbocycles. The number of hydrogen-bond donors (Lipinski definition) is 1. The number of β-amino-alcohol motifs (C(OH)–C–C–N with tert-alkyl or cyclic N) is 1. The molecule has 28 heavy (non-hydrogen) atoms. The van der Waals surface area contributed by atoms with Gasteiger partial charge in [0.25, 0.3) is 0 Å². The molecule has 152 valence electrons. The van der Waals surface area contributed by atoms with Crippen molar-refractivity contribution in [3.8, 4) is 5.75 Å². The van der Waals surface area contributed by atoms with E-state index in [2.05, 4.69) is 20.9 Å². The van der Waals surface area contributed by atoms with Crippen LogP contribution in [0.15, 0.2) is 48.7 Å². The Bertz CT molecular complexity index is 673. The van der Waals surface area contributed by atoms with E-state index < -0.39 is 6.10 Å². The van der Waals surface area contributed by atoms with Gasteiger partial charge in [-0.25, -0.2) is 0 Å². The Morgan fingerprint density at radius 3 is 2.46 bits per heavy atom. The first-order chi connectivity index (χ1) is 13.7. The van der Waals surface area contributed by atoms with Crippen LogP contribution in [-0.2, 0) is 17.8 Å². The monoisotopic (exact) mass is 385 g/mol. The summed E-state index contributed by atoms with van der Waals surface area (Å²) in [5.74, 6) is 0.836. The third-order valence-corrected chi connectivity index (χ3v) is 5.08. The molecule has 1 aliphatic heterocycles. The van der Waals surface area contributed by atoms with E-state index in [0.29, 0.717) is 19.8 Å². The first-order valence-electron chi connectivity index (χ1n) is 9.96. The maximum Gasteiger partial charge on any atom is 0.118 e. The number of aliphatic hydroxyl groups excluding tert-OH is 1. The number of pyridine rings is 1. The highest BCUT2D eigenvalue weighted by Crippen LogP contribution is 2.12. The predicted octanol–water partition coefficient (Wildman–Crippen LogP) is 1.83. The first kappa shape index (κ1) is 20.7. The minimum absolute atomic E-state index is 0.353. The van der Waals surface area contributed by atoms with Gasteiger partial charge in [0, 0.05) is 57.6 Å². The molecule has 1 aromatic carbocycles. The molecule has 0 bridgehead atoms. The Balaban J connectivity index is 1.28. The van der Waals surface area contributed by atoms with Gasteiger partial charge in [-0.1, -0.05) is 18.2 Å². The lowest BCUT2D eigenvalue weighted by Crippen LogP contribution is -2.49. The molecule has 1 saturated heterocycles. The third kappa shape index (κ3) is 6.87. The highest BCUT2D eigenvalue weighted by molar-refractivity contribution is 5.26. The van der Waals surface area contributed by atoms with Crippen LogP contribution in [-0.4, -0.2) is 79.0 Å². The number of rotatable bonds is 10. The van der Waals surface area contributed by atoms with Gasteiger partial charge in [-0.05, 0) is 29.8 Å². The van der Waals surface area contributed by atoms with E-state index in [0.717, 1.165) is 56.2 Å². The number of aromatic nitrogens is 1. The maximum atomic E-state index is 10.3. The number of benzene rings is 1. The summed E-state index contributed by atoms with van der Waals surface area (Å²) in [4.78, 5) is 9.17. The molecular formula is C22H31N3O3. The van der Waals surface area contributed by atoms with Gasteiger partial charge in [0.05, 0.1) is 26.4 Å². The second-order valence-electron chi connectivity index (χ2n) is 7.23. The van der Waals surface area contributed by atoms with Crippen LogP contribution < -0.4 is 4.74 Å². The fourth-order valence-electron chi connectivity index (χ4n) is 3.40. The zero-order chi connectivity index (χ0) is 19.6. The van der Waals surface area contributed by atoms with Crippen molar-refractivity contribution in [3.63, 3.8) is 0 Å². The lowest BCUT2D eigenvalue weighted by molar-refractivity contribution is 0.00149. The SMILES string of the molecule is COc1ccc(COCC(O)CN2CCN(CCc3ccccn3)CC2)cc1. The van der Waals surface area contributed by atoms with Crippen molar-refractivity contribution in [2.45, 2.75) is 19.1 Å². The van der Waals surface area contributed by atoms with Crippen molar-refractivity contribution >= 4 is 0 Å². The number of aliphatic hydroxyl groups is 1. The molecule has 0 radical (unpaired) electrons. The van der Waals surface area contributed by atoms with Crippen molar-refractivity contribution in [3.05, 3.63) is 59.9 Å². The molecule has 1 unspecified atom stereocenters.